The summed E-state index contributed by atoms with van der Waals surface area (Å²) in [6.45, 7) is 2.01. The fraction of sp³-hybridized carbons (Fsp3) is 0.0833. The van der Waals surface area contributed by atoms with E-state index in [4.69, 9.17) is 20.8 Å². The lowest BCUT2D eigenvalue weighted by Gasteiger charge is -2.26. The molecule has 4 rings (SSSR count). The van der Waals surface area contributed by atoms with E-state index in [0.29, 0.717) is 21.9 Å². The Labute approximate surface area is 193 Å². The average Bonchev–Trinajstić information content (AvgIpc) is 3.27. The zero-order valence-corrected chi connectivity index (χ0v) is 18.1. The summed E-state index contributed by atoms with van der Waals surface area (Å²) < 4.78 is 10.7. The van der Waals surface area contributed by atoms with Crippen LogP contribution in [0, 0.1) is 0 Å². The van der Waals surface area contributed by atoms with Crippen LogP contribution in [0.15, 0.2) is 70.7 Å². The highest BCUT2D eigenvalue weighted by Gasteiger charge is 2.37. The minimum Gasteiger partial charge on any atom is -0.462 e. The number of barbiturate groups is 1. The monoisotopic (exact) mass is 464 g/mol. The number of ether oxygens (including phenoxy) is 1. The quantitative estimate of drug-likeness (QED) is 0.340. The molecule has 0 saturated carbocycles. The van der Waals surface area contributed by atoms with Gasteiger partial charge >= 0.3 is 12.0 Å². The first-order valence-electron chi connectivity index (χ1n) is 9.92. The summed E-state index contributed by atoms with van der Waals surface area (Å²) in [5.41, 5.74) is 1.10. The van der Waals surface area contributed by atoms with E-state index in [0.717, 1.165) is 4.90 Å². The molecule has 1 aliphatic heterocycles. The van der Waals surface area contributed by atoms with Crippen molar-refractivity contribution in [1.82, 2.24) is 5.32 Å². The molecule has 8 nitrogen and oxygen atoms in total. The second-order valence-electron chi connectivity index (χ2n) is 6.93. The van der Waals surface area contributed by atoms with Crippen LogP contribution in [0.1, 0.15) is 23.0 Å². The molecule has 0 spiro atoms. The van der Waals surface area contributed by atoms with Crippen LogP contribution < -0.4 is 10.2 Å². The first kappa shape index (κ1) is 22.0. The molecule has 2 heterocycles. The van der Waals surface area contributed by atoms with Crippen LogP contribution in [0.4, 0.5) is 10.5 Å². The maximum absolute atomic E-state index is 12.9. The number of anilines is 1. The standard InChI is InChI=1S/C24H17ClN2O6/c1-2-32-23(30)15-5-3-14(4-6-15)20-12-11-18(33-20)13-19-21(28)26-24(31)27(22(19)29)17-9-7-16(25)8-10-17/h3-13H,2H2,1H3,(H,26,28,31)/b19-13+. The normalized spacial score (nSPS) is 15.0. The third-order valence-corrected chi connectivity index (χ3v) is 5.03. The van der Waals surface area contributed by atoms with Crippen molar-refractivity contribution in [3.8, 4) is 11.3 Å². The Morgan fingerprint density at radius 2 is 1.73 bits per heavy atom. The number of carbonyl (C=O) groups excluding carboxylic acids is 4. The Balaban J connectivity index is 1.59. The molecule has 0 atom stereocenters. The van der Waals surface area contributed by atoms with Crippen molar-refractivity contribution in [2.24, 2.45) is 0 Å². The van der Waals surface area contributed by atoms with Gasteiger partial charge in [-0.1, -0.05) is 23.7 Å². The molecule has 2 aromatic carbocycles. The van der Waals surface area contributed by atoms with Gasteiger partial charge in [-0.25, -0.2) is 14.5 Å². The van der Waals surface area contributed by atoms with E-state index >= 15 is 0 Å². The Kier molecular flexibility index (Phi) is 6.10. The first-order chi connectivity index (χ1) is 15.9. The summed E-state index contributed by atoms with van der Waals surface area (Å²) >= 11 is 5.87. The number of furan rings is 1. The predicted molar refractivity (Wildman–Crippen MR) is 121 cm³/mol. The van der Waals surface area contributed by atoms with Crippen molar-refractivity contribution in [3.05, 3.63) is 82.6 Å². The van der Waals surface area contributed by atoms with E-state index in [-0.39, 0.29) is 23.6 Å². The van der Waals surface area contributed by atoms with Crippen molar-refractivity contribution in [3.63, 3.8) is 0 Å². The highest BCUT2D eigenvalue weighted by molar-refractivity contribution is 6.39. The average molecular weight is 465 g/mol. The summed E-state index contributed by atoms with van der Waals surface area (Å²) in [6, 6.07) is 15.1. The number of imide groups is 2. The number of hydrogen-bond acceptors (Lipinski definition) is 6. The summed E-state index contributed by atoms with van der Waals surface area (Å²) in [4.78, 5) is 50.2. The minimum absolute atomic E-state index is 0.239. The second-order valence-corrected chi connectivity index (χ2v) is 7.37. The van der Waals surface area contributed by atoms with Crippen LogP contribution in [0.25, 0.3) is 17.4 Å². The van der Waals surface area contributed by atoms with Gasteiger partial charge in [-0.05, 0) is 61.5 Å². The molecule has 1 fully saturated rings. The molecule has 33 heavy (non-hydrogen) atoms. The topological polar surface area (TPSA) is 106 Å². The molecule has 1 N–H and O–H groups in total. The Morgan fingerprint density at radius 3 is 2.39 bits per heavy atom. The first-order valence-corrected chi connectivity index (χ1v) is 10.3. The summed E-state index contributed by atoms with van der Waals surface area (Å²) in [5, 5.41) is 2.59. The molecule has 3 aromatic rings. The van der Waals surface area contributed by atoms with E-state index in [9.17, 15) is 19.2 Å². The number of nitrogens with one attached hydrogen (secondary N) is 1. The maximum atomic E-state index is 12.9. The van der Waals surface area contributed by atoms with Crippen molar-refractivity contribution in [1.29, 1.82) is 0 Å². The molecule has 0 radical (unpaired) electrons. The SMILES string of the molecule is CCOC(=O)c1ccc(-c2ccc(/C=C3\C(=O)NC(=O)N(c4ccc(Cl)cc4)C3=O)o2)cc1. The van der Waals surface area contributed by atoms with Gasteiger partial charge in [0, 0.05) is 10.6 Å². The van der Waals surface area contributed by atoms with Crippen LogP contribution in [0.5, 0.6) is 0 Å². The summed E-state index contributed by atoms with van der Waals surface area (Å²) in [5.74, 6) is -1.33. The summed E-state index contributed by atoms with van der Waals surface area (Å²) in [6.07, 6.45) is 1.27. The van der Waals surface area contributed by atoms with Crippen molar-refractivity contribution < 1.29 is 28.3 Å². The lowest BCUT2D eigenvalue weighted by molar-refractivity contribution is -0.122. The molecule has 1 aliphatic rings. The van der Waals surface area contributed by atoms with Gasteiger partial charge in [-0.3, -0.25) is 14.9 Å². The molecule has 1 saturated heterocycles. The molecule has 0 unspecified atom stereocenters. The molecular formula is C24H17ClN2O6. The third kappa shape index (κ3) is 4.56. The number of carbonyl (C=O) groups is 4. The van der Waals surface area contributed by atoms with E-state index in [1.54, 1.807) is 43.3 Å². The number of nitrogens with zero attached hydrogens (tertiary/aromatic N) is 1. The van der Waals surface area contributed by atoms with E-state index in [1.165, 1.54) is 30.3 Å². The van der Waals surface area contributed by atoms with Crippen LogP contribution in [-0.4, -0.2) is 30.4 Å². The molecule has 1 aromatic heterocycles. The largest absolute Gasteiger partial charge is 0.462 e. The number of esters is 1. The van der Waals surface area contributed by atoms with Gasteiger partial charge in [0.25, 0.3) is 11.8 Å². The van der Waals surface area contributed by atoms with E-state index in [1.807, 2.05) is 0 Å². The van der Waals surface area contributed by atoms with Gasteiger partial charge < -0.3 is 9.15 Å². The number of benzene rings is 2. The number of amides is 4. The highest BCUT2D eigenvalue weighted by Crippen LogP contribution is 2.27. The fourth-order valence-electron chi connectivity index (χ4n) is 3.19. The second kappa shape index (κ2) is 9.13. The molecule has 4 amide bonds. The van der Waals surface area contributed by atoms with Crippen LogP contribution >= 0.6 is 11.6 Å². The van der Waals surface area contributed by atoms with Crippen molar-refractivity contribution in [2.75, 3.05) is 11.5 Å². The van der Waals surface area contributed by atoms with Gasteiger partial charge in [0.2, 0.25) is 0 Å². The number of urea groups is 1. The summed E-state index contributed by atoms with van der Waals surface area (Å²) in [7, 11) is 0. The zero-order chi connectivity index (χ0) is 23.5. The Bertz CT molecular complexity index is 1280. The van der Waals surface area contributed by atoms with Gasteiger partial charge in [0.05, 0.1) is 17.9 Å². The molecular weight excluding hydrogens is 448 g/mol. The minimum atomic E-state index is -0.855. The lowest BCUT2D eigenvalue weighted by atomic mass is 10.1. The highest BCUT2D eigenvalue weighted by atomic mass is 35.5. The Morgan fingerprint density at radius 1 is 1.03 bits per heavy atom. The molecule has 0 aliphatic carbocycles. The van der Waals surface area contributed by atoms with Crippen molar-refractivity contribution in [2.45, 2.75) is 6.92 Å². The smallest absolute Gasteiger partial charge is 0.338 e. The maximum Gasteiger partial charge on any atom is 0.338 e. The zero-order valence-electron chi connectivity index (χ0n) is 17.3. The molecule has 0 bridgehead atoms. The number of rotatable bonds is 5. The van der Waals surface area contributed by atoms with Gasteiger partial charge in [0.1, 0.15) is 17.1 Å². The number of halogens is 1. The van der Waals surface area contributed by atoms with Gasteiger partial charge in [-0.15, -0.1) is 0 Å². The van der Waals surface area contributed by atoms with E-state index in [2.05, 4.69) is 5.32 Å². The Hall–Kier alpha value is -4.17. The van der Waals surface area contributed by atoms with Crippen molar-refractivity contribution >= 4 is 47.2 Å². The van der Waals surface area contributed by atoms with Gasteiger partial charge in [0.15, 0.2) is 0 Å². The van der Waals surface area contributed by atoms with Crippen LogP contribution in [0.2, 0.25) is 5.02 Å². The lowest BCUT2D eigenvalue weighted by Crippen LogP contribution is -2.54. The molecule has 9 heteroatoms. The predicted octanol–water partition coefficient (Wildman–Crippen LogP) is 4.44. The van der Waals surface area contributed by atoms with E-state index < -0.39 is 23.8 Å². The molecule has 166 valence electrons. The van der Waals surface area contributed by atoms with Gasteiger partial charge in [-0.2, -0.15) is 0 Å². The van der Waals surface area contributed by atoms with Crippen LogP contribution in [-0.2, 0) is 14.3 Å². The third-order valence-electron chi connectivity index (χ3n) is 4.78. The fourth-order valence-corrected chi connectivity index (χ4v) is 3.32. The van der Waals surface area contributed by atoms with Crippen LogP contribution in [0.3, 0.4) is 0 Å². The number of hydrogen-bond donors (Lipinski definition) is 1.